The van der Waals surface area contributed by atoms with E-state index < -0.39 is 5.97 Å². The Bertz CT molecular complexity index is 1180. The Kier molecular flexibility index (Phi) is 5.12. The van der Waals surface area contributed by atoms with Crippen LogP contribution < -0.4 is 4.90 Å². The van der Waals surface area contributed by atoms with Crippen molar-refractivity contribution < 1.29 is 19.4 Å². The first kappa shape index (κ1) is 20.5. The quantitative estimate of drug-likeness (QED) is 0.652. The van der Waals surface area contributed by atoms with Crippen molar-refractivity contribution in [2.75, 3.05) is 12.0 Å². The van der Waals surface area contributed by atoms with Crippen LogP contribution in [0.4, 0.5) is 10.5 Å². The molecule has 1 fully saturated rings. The molecule has 0 unspecified atom stereocenters. The molecule has 0 bridgehead atoms. The van der Waals surface area contributed by atoms with Crippen molar-refractivity contribution in [2.24, 2.45) is 5.92 Å². The Balaban J connectivity index is 1.63. The minimum Gasteiger partial charge on any atom is -0.481 e. The highest BCUT2D eigenvalue weighted by Crippen LogP contribution is 2.43. The van der Waals surface area contributed by atoms with Crippen LogP contribution in [0.5, 0.6) is 0 Å². The normalized spacial score (nSPS) is 22.3. The number of carbonyl (C=O) groups is 2. The molecular formula is C25H27N3O4. The number of amides is 1. The molecule has 2 aromatic carbocycles. The summed E-state index contributed by atoms with van der Waals surface area (Å²) in [7, 11) is 1.41. The average Bonchev–Trinajstić information content (AvgIpc) is 3.10. The first-order valence-corrected chi connectivity index (χ1v) is 11.1. The lowest BCUT2D eigenvalue weighted by atomic mass is 9.80. The zero-order valence-electron chi connectivity index (χ0n) is 18.3. The summed E-state index contributed by atoms with van der Waals surface area (Å²) in [5.74, 6) is -0.0811. The van der Waals surface area contributed by atoms with E-state index in [1.807, 2.05) is 37.3 Å². The summed E-state index contributed by atoms with van der Waals surface area (Å²) in [4.78, 5) is 30.7. The Morgan fingerprint density at radius 2 is 1.91 bits per heavy atom. The van der Waals surface area contributed by atoms with Crippen LogP contribution in [0.2, 0.25) is 0 Å². The maximum absolute atomic E-state index is 12.5. The van der Waals surface area contributed by atoms with Gasteiger partial charge < -0.3 is 14.4 Å². The number of hydrogen-bond donors (Lipinski definition) is 1. The molecule has 7 heteroatoms. The number of aryl methyl sites for hydroxylation is 1. The van der Waals surface area contributed by atoms with Gasteiger partial charge in [-0.15, -0.1) is 0 Å². The summed E-state index contributed by atoms with van der Waals surface area (Å²) >= 11 is 0. The number of aliphatic carboxylic acids is 1. The SMILES string of the molecule is COC(=O)N1c2ccc3c(nc(Cc4ccccc4)n3[C@H]3C[C@H](C(=O)O)C3)c2CC[C@@H]1C. The van der Waals surface area contributed by atoms with E-state index in [4.69, 9.17) is 9.72 Å². The molecule has 166 valence electrons. The molecule has 1 N–H and O–H groups in total. The predicted octanol–water partition coefficient (Wildman–Crippen LogP) is 4.57. The first-order valence-electron chi connectivity index (χ1n) is 11.1. The van der Waals surface area contributed by atoms with Crippen LogP contribution in [0, 0.1) is 5.92 Å². The van der Waals surface area contributed by atoms with Crippen molar-refractivity contribution in [1.29, 1.82) is 0 Å². The molecule has 3 aromatic rings. The first-order chi connectivity index (χ1) is 15.5. The topological polar surface area (TPSA) is 84.7 Å². The van der Waals surface area contributed by atoms with E-state index in [-0.39, 0.29) is 24.1 Å². The fraction of sp³-hybridized carbons (Fsp3) is 0.400. The van der Waals surface area contributed by atoms with E-state index in [1.165, 1.54) is 7.11 Å². The molecule has 1 aliphatic carbocycles. The third-order valence-corrected chi connectivity index (χ3v) is 6.93. The van der Waals surface area contributed by atoms with Crippen LogP contribution in [0.1, 0.15) is 49.2 Å². The molecule has 7 nitrogen and oxygen atoms in total. The van der Waals surface area contributed by atoms with Crippen molar-refractivity contribution in [1.82, 2.24) is 9.55 Å². The fourth-order valence-electron chi connectivity index (χ4n) is 5.13. The molecule has 0 radical (unpaired) electrons. The molecular weight excluding hydrogens is 406 g/mol. The zero-order chi connectivity index (χ0) is 22.4. The molecule has 32 heavy (non-hydrogen) atoms. The van der Waals surface area contributed by atoms with Crippen LogP contribution >= 0.6 is 0 Å². The lowest BCUT2D eigenvalue weighted by Crippen LogP contribution is -2.42. The second-order valence-electron chi connectivity index (χ2n) is 8.88. The number of hydrogen-bond acceptors (Lipinski definition) is 4. The van der Waals surface area contributed by atoms with Gasteiger partial charge in [-0.3, -0.25) is 9.69 Å². The number of carbonyl (C=O) groups excluding carboxylic acids is 1. The molecule has 1 atom stereocenters. The highest BCUT2D eigenvalue weighted by atomic mass is 16.5. The standard InChI is InChI=1S/C25H27N3O4/c1-15-8-9-19-20(27(15)25(31)32-2)10-11-21-23(19)26-22(12-16-6-4-3-5-7-16)28(21)18-13-17(14-18)24(29)30/h3-7,10-11,15,17-18H,8-9,12-14H2,1-2H3,(H,29,30)/t15-,17-,18-/m0/s1. The predicted molar refractivity (Wildman–Crippen MR) is 121 cm³/mol. The molecule has 1 saturated carbocycles. The number of methoxy groups -OCH3 is 1. The highest BCUT2D eigenvalue weighted by Gasteiger charge is 2.38. The van der Waals surface area contributed by atoms with Crippen LogP contribution in [-0.4, -0.2) is 39.9 Å². The van der Waals surface area contributed by atoms with Crippen LogP contribution in [0.3, 0.4) is 0 Å². The van der Waals surface area contributed by atoms with E-state index in [0.29, 0.717) is 19.3 Å². The molecule has 5 rings (SSSR count). The number of fused-ring (bicyclic) bond motifs is 3. The lowest BCUT2D eigenvalue weighted by Gasteiger charge is -2.36. The average molecular weight is 434 g/mol. The van der Waals surface area contributed by atoms with Crippen LogP contribution in [0.25, 0.3) is 11.0 Å². The summed E-state index contributed by atoms with van der Waals surface area (Å²) in [6.07, 6.45) is 3.23. The van der Waals surface area contributed by atoms with Gasteiger partial charge in [0, 0.05) is 24.1 Å². The van der Waals surface area contributed by atoms with Gasteiger partial charge in [0.1, 0.15) is 5.82 Å². The van der Waals surface area contributed by atoms with Crippen molar-refractivity contribution in [2.45, 2.75) is 51.1 Å². The number of rotatable bonds is 4. The number of anilines is 1. The lowest BCUT2D eigenvalue weighted by molar-refractivity contribution is -0.145. The highest BCUT2D eigenvalue weighted by molar-refractivity contribution is 5.95. The molecule has 1 aliphatic heterocycles. The van der Waals surface area contributed by atoms with E-state index in [9.17, 15) is 14.7 Å². The van der Waals surface area contributed by atoms with Crippen molar-refractivity contribution in [3.05, 3.63) is 59.4 Å². The third-order valence-electron chi connectivity index (χ3n) is 6.93. The second kappa shape index (κ2) is 7.97. The van der Waals surface area contributed by atoms with Gasteiger partial charge >= 0.3 is 12.1 Å². The van der Waals surface area contributed by atoms with E-state index in [0.717, 1.165) is 46.5 Å². The van der Waals surface area contributed by atoms with Gasteiger partial charge in [-0.2, -0.15) is 0 Å². The van der Waals surface area contributed by atoms with Crippen LogP contribution in [0.15, 0.2) is 42.5 Å². The summed E-state index contributed by atoms with van der Waals surface area (Å²) in [5, 5.41) is 9.38. The minimum atomic E-state index is -0.727. The summed E-state index contributed by atoms with van der Waals surface area (Å²) < 4.78 is 7.28. The minimum absolute atomic E-state index is 0.0567. The van der Waals surface area contributed by atoms with E-state index in [2.05, 4.69) is 16.7 Å². The van der Waals surface area contributed by atoms with Gasteiger partial charge in [-0.25, -0.2) is 9.78 Å². The van der Waals surface area contributed by atoms with Gasteiger partial charge in [-0.05, 0) is 50.3 Å². The fourth-order valence-corrected chi connectivity index (χ4v) is 5.13. The van der Waals surface area contributed by atoms with Gasteiger partial charge in [-0.1, -0.05) is 30.3 Å². The van der Waals surface area contributed by atoms with Crippen molar-refractivity contribution in [3.63, 3.8) is 0 Å². The number of benzene rings is 2. The third kappa shape index (κ3) is 3.32. The molecule has 2 aliphatic rings. The van der Waals surface area contributed by atoms with Gasteiger partial charge in [0.25, 0.3) is 0 Å². The van der Waals surface area contributed by atoms with Gasteiger partial charge in [0.05, 0.1) is 29.7 Å². The Hall–Kier alpha value is -3.35. The Morgan fingerprint density at radius 3 is 2.59 bits per heavy atom. The maximum atomic E-state index is 12.5. The molecule has 0 saturated heterocycles. The summed E-state index contributed by atoms with van der Waals surface area (Å²) in [5.41, 5.74) is 5.01. The molecule has 2 heterocycles. The Labute approximate surface area is 186 Å². The molecule has 1 amide bonds. The Morgan fingerprint density at radius 1 is 1.16 bits per heavy atom. The maximum Gasteiger partial charge on any atom is 0.414 e. The second-order valence-corrected chi connectivity index (χ2v) is 8.88. The number of ether oxygens (including phenoxy) is 1. The van der Waals surface area contributed by atoms with Crippen molar-refractivity contribution >= 4 is 28.8 Å². The number of imidazole rings is 1. The van der Waals surface area contributed by atoms with E-state index >= 15 is 0 Å². The number of nitrogens with zero attached hydrogens (tertiary/aromatic N) is 3. The van der Waals surface area contributed by atoms with Crippen LogP contribution in [-0.2, 0) is 22.4 Å². The molecule has 1 aromatic heterocycles. The number of carboxylic acids is 1. The smallest absolute Gasteiger partial charge is 0.414 e. The van der Waals surface area contributed by atoms with Gasteiger partial charge in [0.15, 0.2) is 0 Å². The number of carboxylic acid groups (broad SMARTS) is 1. The zero-order valence-corrected chi connectivity index (χ0v) is 18.3. The largest absolute Gasteiger partial charge is 0.481 e. The number of aromatic nitrogens is 2. The summed E-state index contributed by atoms with van der Waals surface area (Å²) in [6, 6.07) is 14.4. The van der Waals surface area contributed by atoms with Gasteiger partial charge in [0.2, 0.25) is 0 Å². The van der Waals surface area contributed by atoms with E-state index in [1.54, 1.807) is 4.90 Å². The molecule has 0 spiro atoms. The van der Waals surface area contributed by atoms with Crippen molar-refractivity contribution in [3.8, 4) is 0 Å². The summed E-state index contributed by atoms with van der Waals surface area (Å²) in [6.45, 7) is 2.03. The monoisotopic (exact) mass is 433 g/mol.